The van der Waals surface area contributed by atoms with Crippen LogP contribution >= 0.6 is 0 Å². The summed E-state index contributed by atoms with van der Waals surface area (Å²) in [5, 5.41) is 7.13. The highest BCUT2D eigenvalue weighted by atomic mass is 16.5. The number of nitrogens with one attached hydrogen (secondary N) is 1. The molecule has 1 heterocycles. The van der Waals surface area contributed by atoms with Crippen molar-refractivity contribution in [2.75, 3.05) is 5.32 Å². The summed E-state index contributed by atoms with van der Waals surface area (Å²) in [6.45, 7) is 4.49. The molecular weight excluding hydrogens is 266 g/mol. The number of ether oxygens (including phenoxy) is 1. The predicted molar refractivity (Wildman–Crippen MR) is 82.0 cm³/mol. The van der Waals surface area contributed by atoms with Gasteiger partial charge in [-0.05, 0) is 17.9 Å². The van der Waals surface area contributed by atoms with Crippen molar-refractivity contribution in [1.82, 2.24) is 9.78 Å². The van der Waals surface area contributed by atoms with Crippen LogP contribution < -0.4 is 5.32 Å². The maximum atomic E-state index is 11.9. The Bertz CT molecular complexity index is 591. The third-order valence-corrected chi connectivity index (χ3v) is 2.96. The van der Waals surface area contributed by atoms with Gasteiger partial charge < -0.3 is 4.74 Å². The Morgan fingerprint density at radius 2 is 2.05 bits per heavy atom. The minimum Gasteiger partial charge on any atom is -0.444 e. The average molecular weight is 287 g/mol. The Hall–Kier alpha value is -2.30. The second-order valence-corrected chi connectivity index (χ2v) is 5.45. The standard InChI is InChI=1S/C16H21N3O2/c1-12(2)9-14-15(10-19(3)18-14)17-16(20)21-11-13-7-5-4-6-8-13/h4-8,10,12H,9,11H2,1-3H3,(H,17,20). The number of amides is 1. The van der Waals surface area contributed by atoms with Crippen LogP contribution in [-0.2, 0) is 24.8 Å². The molecule has 0 saturated heterocycles. The minimum absolute atomic E-state index is 0.256. The second-order valence-electron chi connectivity index (χ2n) is 5.45. The number of carbonyl (C=O) groups excluding carboxylic acids is 1. The van der Waals surface area contributed by atoms with E-state index in [4.69, 9.17) is 4.74 Å². The molecule has 1 N–H and O–H groups in total. The van der Waals surface area contributed by atoms with Crippen molar-refractivity contribution >= 4 is 11.8 Å². The fourth-order valence-electron chi connectivity index (χ4n) is 2.05. The number of anilines is 1. The van der Waals surface area contributed by atoms with E-state index in [-0.39, 0.29) is 6.61 Å². The Morgan fingerprint density at radius 3 is 2.71 bits per heavy atom. The highest BCUT2D eigenvalue weighted by Crippen LogP contribution is 2.17. The van der Waals surface area contributed by atoms with Crippen LogP contribution in [0.5, 0.6) is 0 Å². The van der Waals surface area contributed by atoms with Gasteiger partial charge in [-0.15, -0.1) is 0 Å². The Balaban J connectivity index is 1.93. The average Bonchev–Trinajstić information content (AvgIpc) is 2.76. The molecule has 2 rings (SSSR count). The van der Waals surface area contributed by atoms with E-state index in [9.17, 15) is 4.79 Å². The van der Waals surface area contributed by atoms with Crippen LogP contribution in [0.1, 0.15) is 25.1 Å². The van der Waals surface area contributed by atoms with E-state index in [1.807, 2.05) is 37.4 Å². The summed E-state index contributed by atoms with van der Waals surface area (Å²) in [6, 6.07) is 9.59. The number of carbonyl (C=O) groups is 1. The molecule has 2 aromatic rings. The molecule has 112 valence electrons. The fourth-order valence-corrected chi connectivity index (χ4v) is 2.05. The highest BCUT2D eigenvalue weighted by Gasteiger charge is 2.13. The molecule has 1 aromatic carbocycles. The lowest BCUT2D eigenvalue weighted by molar-refractivity contribution is 0.155. The zero-order valence-corrected chi connectivity index (χ0v) is 12.7. The molecule has 0 saturated carbocycles. The van der Waals surface area contributed by atoms with Crippen molar-refractivity contribution in [2.24, 2.45) is 13.0 Å². The summed E-state index contributed by atoms with van der Waals surface area (Å²) in [7, 11) is 1.84. The number of hydrogen-bond donors (Lipinski definition) is 1. The number of rotatable bonds is 5. The Kier molecular flexibility index (Phi) is 4.98. The van der Waals surface area contributed by atoms with Crippen molar-refractivity contribution in [3.63, 3.8) is 0 Å². The first-order valence-electron chi connectivity index (χ1n) is 7.05. The molecule has 0 aliphatic carbocycles. The first-order valence-corrected chi connectivity index (χ1v) is 7.05. The SMILES string of the molecule is CC(C)Cc1nn(C)cc1NC(=O)OCc1ccccc1. The molecule has 5 heteroatoms. The molecule has 5 nitrogen and oxygen atoms in total. The smallest absolute Gasteiger partial charge is 0.412 e. The van der Waals surface area contributed by atoms with Crippen LogP contribution in [-0.4, -0.2) is 15.9 Å². The van der Waals surface area contributed by atoms with Gasteiger partial charge in [0.2, 0.25) is 0 Å². The van der Waals surface area contributed by atoms with E-state index in [0.29, 0.717) is 11.6 Å². The molecule has 0 aliphatic heterocycles. The van der Waals surface area contributed by atoms with Gasteiger partial charge in [-0.25, -0.2) is 4.79 Å². The van der Waals surface area contributed by atoms with E-state index >= 15 is 0 Å². The number of aromatic nitrogens is 2. The van der Waals surface area contributed by atoms with Gasteiger partial charge in [0.25, 0.3) is 0 Å². The molecular formula is C16H21N3O2. The quantitative estimate of drug-likeness (QED) is 0.917. The first-order chi connectivity index (χ1) is 10.0. The van der Waals surface area contributed by atoms with Gasteiger partial charge in [-0.3, -0.25) is 10.00 Å². The largest absolute Gasteiger partial charge is 0.444 e. The molecule has 0 spiro atoms. The maximum Gasteiger partial charge on any atom is 0.412 e. The normalized spacial score (nSPS) is 10.7. The molecule has 0 bridgehead atoms. The van der Waals surface area contributed by atoms with Crippen molar-refractivity contribution in [2.45, 2.75) is 26.9 Å². The summed E-state index contributed by atoms with van der Waals surface area (Å²) in [6.07, 6.45) is 2.15. The predicted octanol–water partition coefficient (Wildman–Crippen LogP) is 3.37. The van der Waals surface area contributed by atoms with Gasteiger partial charge >= 0.3 is 6.09 Å². The molecule has 21 heavy (non-hydrogen) atoms. The lowest BCUT2D eigenvalue weighted by Crippen LogP contribution is -2.14. The van der Waals surface area contributed by atoms with Crippen molar-refractivity contribution in [3.05, 3.63) is 47.8 Å². The lowest BCUT2D eigenvalue weighted by atomic mass is 10.1. The van der Waals surface area contributed by atoms with E-state index in [0.717, 1.165) is 17.7 Å². The number of hydrogen-bond acceptors (Lipinski definition) is 3. The summed E-state index contributed by atoms with van der Waals surface area (Å²) in [5.74, 6) is 0.473. The van der Waals surface area contributed by atoms with E-state index in [1.54, 1.807) is 10.9 Å². The molecule has 0 radical (unpaired) electrons. The number of aryl methyl sites for hydroxylation is 1. The fraction of sp³-hybridized carbons (Fsp3) is 0.375. The summed E-state index contributed by atoms with van der Waals surface area (Å²) in [4.78, 5) is 11.9. The minimum atomic E-state index is -0.461. The van der Waals surface area contributed by atoms with Crippen LogP contribution in [0.4, 0.5) is 10.5 Å². The van der Waals surface area contributed by atoms with Gasteiger partial charge in [0, 0.05) is 13.2 Å². The van der Waals surface area contributed by atoms with Crippen LogP contribution in [0.3, 0.4) is 0 Å². The zero-order chi connectivity index (χ0) is 15.2. The molecule has 0 unspecified atom stereocenters. The van der Waals surface area contributed by atoms with Crippen LogP contribution in [0, 0.1) is 5.92 Å². The molecule has 1 amide bonds. The van der Waals surface area contributed by atoms with Gasteiger partial charge in [-0.2, -0.15) is 5.10 Å². The van der Waals surface area contributed by atoms with Crippen molar-refractivity contribution < 1.29 is 9.53 Å². The van der Waals surface area contributed by atoms with Gasteiger partial charge in [0.15, 0.2) is 0 Å². The molecule has 0 aliphatic rings. The molecule has 0 atom stereocenters. The van der Waals surface area contributed by atoms with Crippen molar-refractivity contribution in [1.29, 1.82) is 0 Å². The van der Waals surface area contributed by atoms with Crippen LogP contribution in [0.15, 0.2) is 36.5 Å². The van der Waals surface area contributed by atoms with E-state index in [1.165, 1.54) is 0 Å². The molecule has 0 fully saturated rings. The topological polar surface area (TPSA) is 56.2 Å². The third kappa shape index (κ3) is 4.63. The molecule has 1 aromatic heterocycles. The van der Waals surface area contributed by atoms with Crippen LogP contribution in [0.25, 0.3) is 0 Å². The Morgan fingerprint density at radius 1 is 1.33 bits per heavy atom. The monoisotopic (exact) mass is 287 g/mol. The zero-order valence-electron chi connectivity index (χ0n) is 12.7. The maximum absolute atomic E-state index is 11.9. The van der Waals surface area contributed by atoms with Gasteiger partial charge in [0.05, 0.1) is 11.4 Å². The van der Waals surface area contributed by atoms with Gasteiger partial charge in [-0.1, -0.05) is 44.2 Å². The van der Waals surface area contributed by atoms with Crippen molar-refractivity contribution in [3.8, 4) is 0 Å². The lowest BCUT2D eigenvalue weighted by Gasteiger charge is -2.08. The van der Waals surface area contributed by atoms with E-state index in [2.05, 4.69) is 24.3 Å². The summed E-state index contributed by atoms with van der Waals surface area (Å²) in [5.41, 5.74) is 2.55. The number of benzene rings is 1. The second kappa shape index (κ2) is 6.92. The summed E-state index contributed by atoms with van der Waals surface area (Å²) >= 11 is 0. The Labute approximate surface area is 124 Å². The number of nitrogens with zero attached hydrogens (tertiary/aromatic N) is 2. The van der Waals surface area contributed by atoms with E-state index < -0.39 is 6.09 Å². The summed E-state index contributed by atoms with van der Waals surface area (Å²) < 4.78 is 6.91. The van der Waals surface area contributed by atoms with Gasteiger partial charge in [0.1, 0.15) is 6.61 Å². The van der Waals surface area contributed by atoms with Crippen LogP contribution in [0.2, 0.25) is 0 Å². The first kappa shape index (κ1) is 15.1. The highest BCUT2D eigenvalue weighted by molar-refractivity contribution is 5.85. The third-order valence-electron chi connectivity index (χ3n) is 2.96.